The Morgan fingerprint density at radius 3 is 2.65 bits per heavy atom. The van der Waals surface area contributed by atoms with Crippen LogP contribution < -0.4 is 16.0 Å². The van der Waals surface area contributed by atoms with Gasteiger partial charge in [0.25, 0.3) is 5.91 Å². The minimum Gasteiger partial charge on any atom is -0.391 e. The molecule has 1 fully saturated rings. The maximum Gasteiger partial charge on any atom is 0.261 e. The highest BCUT2D eigenvalue weighted by molar-refractivity contribution is 7.18. The van der Waals surface area contributed by atoms with E-state index in [0.29, 0.717) is 29.5 Å². The number of thiophene rings is 1. The predicted molar refractivity (Wildman–Crippen MR) is 91.8 cm³/mol. The Kier molecular flexibility index (Phi) is 5.44. The van der Waals surface area contributed by atoms with Gasteiger partial charge in [-0.2, -0.15) is 0 Å². The van der Waals surface area contributed by atoms with Crippen LogP contribution in [0.1, 0.15) is 36.0 Å². The molecule has 0 bridgehead atoms. The number of hydrogen-bond acceptors (Lipinski definition) is 5. The third-order valence-electron chi connectivity index (χ3n) is 3.87. The van der Waals surface area contributed by atoms with Crippen molar-refractivity contribution in [3.8, 4) is 0 Å². The van der Waals surface area contributed by atoms with Crippen LogP contribution in [0.4, 0.5) is 5.00 Å². The third-order valence-corrected chi connectivity index (χ3v) is 5.02. The predicted octanol–water partition coefficient (Wildman–Crippen LogP) is 1.35. The Bertz CT molecular complexity index is 592. The van der Waals surface area contributed by atoms with E-state index in [4.69, 9.17) is 0 Å². The first kappa shape index (κ1) is 17.9. The lowest BCUT2D eigenvalue weighted by molar-refractivity contribution is -0.123. The standard InChI is InChI=1S/C16H25N3O3S/c1-9-5-12(19-15(22)16(2,3)4)23-13(9)14(21)18-7-10-6-17-8-11(10)20/h5,10-11,17,20H,6-8H2,1-4H3,(H,18,21)(H,19,22). The number of hydrogen-bond donors (Lipinski definition) is 4. The van der Waals surface area contributed by atoms with Gasteiger partial charge in [0.15, 0.2) is 0 Å². The molecule has 2 amide bonds. The summed E-state index contributed by atoms with van der Waals surface area (Å²) in [5, 5.41) is 19.2. The van der Waals surface area contributed by atoms with Crippen molar-refractivity contribution in [2.24, 2.45) is 11.3 Å². The number of anilines is 1. The van der Waals surface area contributed by atoms with E-state index in [1.165, 1.54) is 11.3 Å². The first-order valence-electron chi connectivity index (χ1n) is 7.77. The van der Waals surface area contributed by atoms with Gasteiger partial charge in [-0.05, 0) is 18.6 Å². The Morgan fingerprint density at radius 1 is 1.39 bits per heavy atom. The number of carbonyl (C=O) groups excluding carboxylic acids is 2. The summed E-state index contributed by atoms with van der Waals surface area (Å²) in [6.45, 7) is 9.10. The van der Waals surface area contributed by atoms with E-state index in [9.17, 15) is 14.7 Å². The summed E-state index contributed by atoms with van der Waals surface area (Å²) in [6, 6.07) is 1.81. The second-order valence-corrected chi connectivity index (χ2v) is 8.07. The number of aryl methyl sites for hydroxylation is 1. The summed E-state index contributed by atoms with van der Waals surface area (Å²) >= 11 is 1.27. The number of aliphatic hydroxyl groups is 1. The molecule has 1 aliphatic rings. The molecule has 1 aromatic heterocycles. The molecular formula is C16H25N3O3S. The van der Waals surface area contributed by atoms with E-state index in [1.807, 2.05) is 33.8 Å². The van der Waals surface area contributed by atoms with Gasteiger partial charge >= 0.3 is 0 Å². The van der Waals surface area contributed by atoms with Crippen molar-refractivity contribution in [1.29, 1.82) is 0 Å². The van der Waals surface area contributed by atoms with Crippen LogP contribution in [-0.2, 0) is 4.79 Å². The molecule has 2 unspecified atom stereocenters. The van der Waals surface area contributed by atoms with Gasteiger partial charge in [0, 0.05) is 31.0 Å². The zero-order chi connectivity index (χ0) is 17.2. The van der Waals surface area contributed by atoms with Crippen molar-refractivity contribution in [3.05, 3.63) is 16.5 Å². The molecule has 0 saturated carbocycles. The number of amides is 2. The van der Waals surface area contributed by atoms with E-state index in [2.05, 4.69) is 16.0 Å². The maximum absolute atomic E-state index is 12.3. The molecule has 0 aliphatic carbocycles. The van der Waals surface area contributed by atoms with Gasteiger partial charge in [0.1, 0.15) is 0 Å². The first-order chi connectivity index (χ1) is 10.7. The van der Waals surface area contributed by atoms with Crippen LogP contribution in [0.2, 0.25) is 0 Å². The molecule has 7 heteroatoms. The fourth-order valence-electron chi connectivity index (χ4n) is 2.30. The minimum atomic E-state index is -0.480. The first-order valence-corrected chi connectivity index (χ1v) is 8.59. The molecule has 0 spiro atoms. The van der Waals surface area contributed by atoms with Crippen molar-refractivity contribution in [3.63, 3.8) is 0 Å². The monoisotopic (exact) mass is 339 g/mol. The topological polar surface area (TPSA) is 90.5 Å². The number of carbonyl (C=O) groups is 2. The quantitative estimate of drug-likeness (QED) is 0.666. The molecule has 4 N–H and O–H groups in total. The highest BCUT2D eigenvalue weighted by Gasteiger charge is 2.26. The second-order valence-electron chi connectivity index (χ2n) is 7.02. The van der Waals surface area contributed by atoms with Crippen molar-refractivity contribution in [2.75, 3.05) is 25.0 Å². The summed E-state index contributed by atoms with van der Waals surface area (Å²) in [7, 11) is 0. The van der Waals surface area contributed by atoms with Crippen molar-refractivity contribution >= 4 is 28.2 Å². The molecule has 128 valence electrons. The van der Waals surface area contributed by atoms with Gasteiger partial charge in [0.2, 0.25) is 5.91 Å². The Morgan fingerprint density at radius 2 is 2.09 bits per heavy atom. The fourth-order valence-corrected chi connectivity index (χ4v) is 3.28. The highest BCUT2D eigenvalue weighted by Crippen LogP contribution is 2.28. The minimum absolute atomic E-state index is 0.0410. The van der Waals surface area contributed by atoms with Crippen LogP contribution in [0.3, 0.4) is 0 Å². The summed E-state index contributed by atoms with van der Waals surface area (Å²) < 4.78 is 0. The smallest absolute Gasteiger partial charge is 0.261 e. The average molecular weight is 339 g/mol. The lowest BCUT2D eigenvalue weighted by atomic mass is 9.96. The summed E-state index contributed by atoms with van der Waals surface area (Å²) in [4.78, 5) is 24.9. The molecule has 0 radical (unpaired) electrons. The molecule has 1 aliphatic heterocycles. The van der Waals surface area contributed by atoms with Crippen molar-refractivity contribution < 1.29 is 14.7 Å². The van der Waals surface area contributed by atoms with Crippen molar-refractivity contribution in [1.82, 2.24) is 10.6 Å². The van der Waals surface area contributed by atoms with E-state index < -0.39 is 11.5 Å². The van der Waals surface area contributed by atoms with E-state index in [-0.39, 0.29) is 17.7 Å². The lowest BCUT2D eigenvalue weighted by Gasteiger charge is -2.16. The molecule has 0 aromatic carbocycles. The average Bonchev–Trinajstić information content (AvgIpc) is 3.01. The van der Waals surface area contributed by atoms with E-state index >= 15 is 0 Å². The molecule has 23 heavy (non-hydrogen) atoms. The number of rotatable bonds is 4. The summed E-state index contributed by atoms with van der Waals surface area (Å²) in [5.74, 6) is -0.201. The Hall–Kier alpha value is -1.44. The second kappa shape index (κ2) is 6.98. The molecular weight excluding hydrogens is 314 g/mol. The highest BCUT2D eigenvalue weighted by atomic mass is 32.1. The van der Waals surface area contributed by atoms with Crippen LogP contribution in [0, 0.1) is 18.3 Å². The van der Waals surface area contributed by atoms with Gasteiger partial charge in [-0.25, -0.2) is 0 Å². The van der Waals surface area contributed by atoms with Crippen LogP contribution in [0.15, 0.2) is 6.07 Å². The zero-order valence-electron chi connectivity index (χ0n) is 14.0. The Labute approximate surface area is 140 Å². The zero-order valence-corrected chi connectivity index (χ0v) is 14.8. The number of nitrogens with one attached hydrogen (secondary N) is 3. The summed E-state index contributed by atoms with van der Waals surface area (Å²) in [6.07, 6.45) is -0.415. The Balaban J connectivity index is 1.97. The number of β-amino-alcohol motifs (C(OH)–C–C–N with tert-alkyl or cyclic N) is 1. The summed E-state index contributed by atoms with van der Waals surface area (Å²) in [5.41, 5.74) is 0.355. The van der Waals surface area contributed by atoms with Gasteiger partial charge in [-0.3, -0.25) is 9.59 Å². The molecule has 2 atom stereocenters. The molecule has 6 nitrogen and oxygen atoms in total. The lowest BCUT2D eigenvalue weighted by Crippen LogP contribution is -2.34. The van der Waals surface area contributed by atoms with Gasteiger partial charge in [-0.15, -0.1) is 11.3 Å². The SMILES string of the molecule is Cc1cc(NC(=O)C(C)(C)C)sc1C(=O)NCC1CNCC1O. The van der Waals surface area contributed by atoms with E-state index in [0.717, 1.165) is 5.56 Å². The van der Waals surface area contributed by atoms with Gasteiger partial charge < -0.3 is 21.1 Å². The van der Waals surface area contributed by atoms with Crippen LogP contribution >= 0.6 is 11.3 Å². The largest absolute Gasteiger partial charge is 0.391 e. The normalized spacial score (nSPS) is 21.3. The maximum atomic E-state index is 12.3. The third kappa shape index (κ3) is 4.53. The van der Waals surface area contributed by atoms with Crippen molar-refractivity contribution in [2.45, 2.75) is 33.8 Å². The molecule has 2 heterocycles. The molecule has 1 aromatic rings. The van der Waals surface area contributed by atoms with Crippen LogP contribution in [0.5, 0.6) is 0 Å². The van der Waals surface area contributed by atoms with Crippen LogP contribution in [-0.4, -0.2) is 42.7 Å². The van der Waals surface area contributed by atoms with Gasteiger partial charge in [0.05, 0.1) is 16.0 Å². The fraction of sp³-hybridized carbons (Fsp3) is 0.625. The number of aliphatic hydroxyl groups excluding tert-OH is 1. The molecule has 1 saturated heterocycles. The molecule has 2 rings (SSSR count). The van der Waals surface area contributed by atoms with Crippen LogP contribution in [0.25, 0.3) is 0 Å². The van der Waals surface area contributed by atoms with E-state index in [1.54, 1.807) is 0 Å². The van der Waals surface area contributed by atoms with Gasteiger partial charge in [-0.1, -0.05) is 20.8 Å².